The molecular weight excluding hydrogens is 500 g/mol. The van der Waals surface area contributed by atoms with Gasteiger partial charge in [-0.1, -0.05) is 42.5 Å². The van der Waals surface area contributed by atoms with E-state index >= 15 is 0 Å². The second-order valence-corrected chi connectivity index (χ2v) is 10.9. The second-order valence-electron chi connectivity index (χ2n) is 10.9. The van der Waals surface area contributed by atoms with Crippen LogP contribution in [0.25, 0.3) is 10.8 Å². The van der Waals surface area contributed by atoms with Crippen LogP contribution in [0.2, 0.25) is 0 Å². The summed E-state index contributed by atoms with van der Waals surface area (Å²) >= 11 is 0. The molecule has 1 unspecified atom stereocenters. The summed E-state index contributed by atoms with van der Waals surface area (Å²) in [5.74, 6) is 5.31. The molecule has 39 heavy (non-hydrogen) atoms. The molecule has 7 N–H and O–H groups in total. The summed E-state index contributed by atoms with van der Waals surface area (Å²) < 4.78 is 5.40. The molecule has 3 amide bonds. The normalized spacial score (nSPS) is 15.5. The zero-order valence-corrected chi connectivity index (χ0v) is 22.9. The van der Waals surface area contributed by atoms with Gasteiger partial charge in [-0.2, -0.15) is 0 Å². The smallest absolute Gasteiger partial charge is 0.410 e. The molecular formula is C28H40N6O5. The van der Waals surface area contributed by atoms with Gasteiger partial charge >= 0.3 is 6.09 Å². The number of ether oxygens (including phenoxy) is 1. The number of rotatable bonds is 9. The Balaban J connectivity index is 1.55. The highest BCUT2D eigenvalue weighted by Crippen LogP contribution is 2.21. The van der Waals surface area contributed by atoms with Gasteiger partial charge in [0.15, 0.2) is 0 Å². The second kappa shape index (κ2) is 13.3. The first-order valence-electron chi connectivity index (χ1n) is 13.1. The highest BCUT2D eigenvalue weighted by Gasteiger charge is 2.30. The number of fused-ring (bicyclic) bond motifs is 1. The molecule has 1 saturated heterocycles. The first kappa shape index (κ1) is 29.7. The standard InChI is InChI=1S/C28H40N6O5/c1-28(2,3)39-27(37)33-12-10-21(11-13-33)26(36)31-17-23(29)18-34(30)24(16-25(35)32-38)15-19-8-9-20-6-4-5-7-22(20)14-19/h4-9,14,18,21,24,38H,10-13,15-17,29-30H2,1-3H3,(H,31,36)(H,32,35)/b23-18-. The SMILES string of the molecule is CC(C)(C)OC(=O)N1CCC(C(=O)NC/C(N)=C/N(N)C(CC(=O)NO)Cc2ccc3ccccc3c2)CC1. The minimum Gasteiger partial charge on any atom is -0.444 e. The number of nitrogens with one attached hydrogen (secondary N) is 2. The predicted octanol–water partition coefficient (Wildman–Crippen LogP) is 2.39. The van der Waals surface area contributed by atoms with Crippen molar-refractivity contribution in [3.8, 4) is 0 Å². The van der Waals surface area contributed by atoms with Crippen LogP contribution in [0.15, 0.2) is 54.4 Å². The van der Waals surface area contributed by atoms with Gasteiger partial charge in [0.1, 0.15) is 5.60 Å². The molecule has 2 aromatic carbocycles. The molecule has 0 aromatic heterocycles. The first-order valence-corrected chi connectivity index (χ1v) is 13.1. The number of hydrogen-bond acceptors (Lipinski definition) is 8. The van der Waals surface area contributed by atoms with Crippen LogP contribution < -0.4 is 22.4 Å². The van der Waals surface area contributed by atoms with Crippen molar-refractivity contribution in [1.29, 1.82) is 0 Å². The monoisotopic (exact) mass is 540 g/mol. The first-order chi connectivity index (χ1) is 18.4. The summed E-state index contributed by atoms with van der Waals surface area (Å²) in [5, 5.41) is 15.4. The van der Waals surface area contributed by atoms with Crippen LogP contribution in [0.1, 0.15) is 45.6 Å². The number of amides is 3. The molecule has 1 aliphatic rings. The van der Waals surface area contributed by atoms with Gasteiger partial charge in [-0.15, -0.1) is 0 Å². The topological polar surface area (TPSA) is 163 Å². The molecule has 0 bridgehead atoms. The van der Waals surface area contributed by atoms with E-state index in [1.54, 1.807) is 10.4 Å². The van der Waals surface area contributed by atoms with E-state index in [4.69, 9.17) is 21.5 Å². The molecule has 1 heterocycles. The number of nitrogens with zero attached hydrogens (tertiary/aromatic N) is 2. The van der Waals surface area contributed by atoms with Gasteiger partial charge < -0.3 is 25.7 Å². The Labute approximate surface area is 229 Å². The number of nitrogens with two attached hydrogens (primary N) is 2. The number of carbonyl (C=O) groups excluding carboxylic acids is 3. The molecule has 0 saturated carbocycles. The van der Waals surface area contributed by atoms with Gasteiger partial charge in [0.05, 0.1) is 19.0 Å². The van der Waals surface area contributed by atoms with Crippen LogP contribution >= 0.6 is 0 Å². The number of hydrazine groups is 1. The van der Waals surface area contributed by atoms with E-state index < -0.39 is 17.6 Å². The van der Waals surface area contributed by atoms with Crippen molar-refractivity contribution in [2.45, 2.75) is 58.1 Å². The molecule has 0 aliphatic carbocycles. The molecule has 1 atom stereocenters. The van der Waals surface area contributed by atoms with Crippen molar-refractivity contribution in [2.75, 3.05) is 19.6 Å². The molecule has 1 fully saturated rings. The van der Waals surface area contributed by atoms with Crippen LogP contribution in [-0.2, 0) is 20.7 Å². The number of hydrogen-bond donors (Lipinski definition) is 5. The van der Waals surface area contributed by atoms with Crippen LogP contribution in [0, 0.1) is 5.92 Å². The van der Waals surface area contributed by atoms with Crippen molar-refractivity contribution in [3.63, 3.8) is 0 Å². The van der Waals surface area contributed by atoms with E-state index in [2.05, 4.69) is 5.32 Å². The lowest BCUT2D eigenvalue weighted by Crippen LogP contribution is -2.45. The third-order valence-electron chi connectivity index (χ3n) is 6.55. The number of carbonyl (C=O) groups is 3. The number of piperidine rings is 1. The summed E-state index contributed by atoms with van der Waals surface area (Å²) in [7, 11) is 0. The fraction of sp³-hybridized carbons (Fsp3) is 0.464. The average molecular weight is 541 g/mol. The van der Waals surface area contributed by atoms with E-state index in [1.807, 2.05) is 63.2 Å². The quantitative estimate of drug-likeness (QED) is 0.184. The van der Waals surface area contributed by atoms with Gasteiger partial charge in [0.25, 0.3) is 0 Å². The maximum absolute atomic E-state index is 12.7. The lowest BCUT2D eigenvalue weighted by molar-refractivity contribution is -0.130. The Morgan fingerprint density at radius 1 is 1.15 bits per heavy atom. The number of likely N-dealkylation sites (tertiary alicyclic amines) is 1. The number of benzene rings is 2. The van der Waals surface area contributed by atoms with Crippen molar-refractivity contribution < 1.29 is 24.3 Å². The lowest BCUT2D eigenvalue weighted by Gasteiger charge is -2.33. The van der Waals surface area contributed by atoms with E-state index in [-0.39, 0.29) is 30.9 Å². The zero-order valence-electron chi connectivity index (χ0n) is 22.9. The van der Waals surface area contributed by atoms with Gasteiger partial charge in [-0.25, -0.2) is 16.1 Å². The summed E-state index contributed by atoms with van der Waals surface area (Å²) in [4.78, 5) is 38.5. The molecule has 11 heteroatoms. The van der Waals surface area contributed by atoms with Crippen molar-refractivity contribution in [3.05, 3.63) is 59.9 Å². The van der Waals surface area contributed by atoms with Gasteiger partial charge in [0, 0.05) is 30.9 Å². The Hall–Kier alpha value is -3.83. The predicted molar refractivity (Wildman–Crippen MR) is 148 cm³/mol. The largest absolute Gasteiger partial charge is 0.444 e. The average Bonchev–Trinajstić information content (AvgIpc) is 2.90. The van der Waals surface area contributed by atoms with Crippen molar-refractivity contribution in [2.24, 2.45) is 17.5 Å². The van der Waals surface area contributed by atoms with E-state index in [0.29, 0.717) is 38.0 Å². The zero-order chi connectivity index (χ0) is 28.6. The molecule has 2 aromatic rings. The van der Waals surface area contributed by atoms with Crippen LogP contribution in [-0.4, -0.2) is 64.3 Å². The molecule has 11 nitrogen and oxygen atoms in total. The third kappa shape index (κ3) is 9.15. The maximum Gasteiger partial charge on any atom is 0.410 e. The van der Waals surface area contributed by atoms with Gasteiger partial charge in [0.2, 0.25) is 11.8 Å². The Kier molecular flexibility index (Phi) is 10.1. The fourth-order valence-electron chi connectivity index (χ4n) is 4.51. The minimum absolute atomic E-state index is 0.0633. The van der Waals surface area contributed by atoms with Gasteiger partial charge in [-0.3, -0.25) is 14.8 Å². The third-order valence-corrected chi connectivity index (χ3v) is 6.55. The molecule has 0 radical (unpaired) electrons. The Morgan fingerprint density at radius 3 is 2.46 bits per heavy atom. The van der Waals surface area contributed by atoms with Crippen LogP contribution in [0.4, 0.5) is 4.79 Å². The van der Waals surface area contributed by atoms with E-state index in [1.165, 1.54) is 11.2 Å². The highest BCUT2D eigenvalue weighted by molar-refractivity contribution is 5.83. The van der Waals surface area contributed by atoms with Gasteiger partial charge in [-0.05, 0) is 56.4 Å². The van der Waals surface area contributed by atoms with Crippen molar-refractivity contribution >= 4 is 28.7 Å². The highest BCUT2D eigenvalue weighted by atomic mass is 16.6. The molecule has 0 spiro atoms. The summed E-state index contributed by atoms with van der Waals surface area (Å²) in [6, 6.07) is 13.5. The van der Waals surface area contributed by atoms with Crippen LogP contribution in [0.3, 0.4) is 0 Å². The van der Waals surface area contributed by atoms with Crippen molar-refractivity contribution in [1.82, 2.24) is 20.7 Å². The van der Waals surface area contributed by atoms with E-state index in [0.717, 1.165) is 16.3 Å². The summed E-state index contributed by atoms with van der Waals surface area (Å²) in [6.07, 6.45) is 2.54. The Bertz CT molecular complexity index is 1190. The summed E-state index contributed by atoms with van der Waals surface area (Å²) in [5.41, 5.74) is 8.51. The van der Waals surface area contributed by atoms with E-state index in [9.17, 15) is 14.4 Å². The molecule has 212 valence electrons. The lowest BCUT2D eigenvalue weighted by atomic mass is 9.96. The molecule has 1 aliphatic heterocycles. The van der Waals surface area contributed by atoms with Crippen LogP contribution in [0.5, 0.6) is 0 Å². The maximum atomic E-state index is 12.7. The molecule has 3 rings (SSSR count). The minimum atomic E-state index is -0.575. The number of hydroxylamine groups is 1. The summed E-state index contributed by atoms with van der Waals surface area (Å²) in [6.45, 7) is 6.42. The fourth-order valence-corrected chi connectivity index (χ4v) is 4.51. The Morgan fingerprint density at radius 2 is 1.82 bits per heavy atom.